The van der Waals surface area contributed by atoms with Gasteiger partial charge in [-0.15, -0.1) is 0 Å². The van der Waals surface area contributed by atoms with Crippen molar-refractivity contribution in [3.8, 4) is 0 Å². The third kappa shape index (κ3) is 6.09. The smallest absolute Gasteiger partial charge is 1.00 e. The number of benzene rings is 3. The van der Waals surface area contributed by atoms with E-state index in [0.29, 0.717) is 0 Å². The van der Waals surface area contributed by atoms with Gasteiger partial charge in [-0.2, -0.15) is 0 Å². The second-order valence-electron chi connectivity index (χ2n) is 9.80. The van der Waals surface area contributed by atoms with E-state index in [-0.39, 0.29) is 37.2 Å². The average molecular weight is 576 g/mol. The van der Waals surface area contributed by atoms with E-state index in [9.17, 15) is 0 Å². The molecule has 0 unspecified atom stereocenters. The van der Waals surface area contributed by atoms with Crippen LogP contribution in [0.2, 0.25) is 0 Å². The standard InChI is InChI=1S/C30H33Si.3ClH.Ti/c1-20-11-21(2)15-27(14-20)31(30-10-8-9-26(30)7,28-16-22(3)12-23(4)17-28)29-18-24(5)13-25(6)19-29;;;;/h8,11-19H,10H2,1-7H3;3*1H;/q;;;;+3/p-3. The molecule has 0 N–H and O–H groups in total. The third-order valence-electron chi connectivity index (χ3n) is 6.78. The van der Waals surface area contributed by atoms with Crippen LogP contribution >= 0.6 is 0 Å². The van der Waals surface area contributed by atoms with Crippen LogP contribution in [0.5, 0.6) is 0 Å². The first-order valence-corrected chi connectivity index (χ1v) is 14.3. The van der Waals surface area contributed by atoms with Crippen LogP contribution in [-0.4, -0.2) is 8.07 Å². The quantitative estimate of drug-likeness (QED) is 0.226. The zero-order valence-electron chi connectivity index (χ0n) is 21.6. The molecule has 0 heterocycles. The van der Waals surface area contributed by atoms with Crippen molar-refractivity contribution < 1.29 is 57.7 Å². The largest absolute Gasteiger partial charge is 1.00 e. The van der Waals surface area contributed by atoms with Gasteiger partial charge < -0.3 is 37.2 Å². The van der Waals surface area contributed by atoms with Gasteiger partial charge in [-0.3, -0.25) is 0 Å². The van der Waals surface area contributed by atoms with Gasteiger partial charge >= 0.3 is 208 Å². The summed E-state index contributed by atoms with van der Waals surface area (Å²) < 4.78 is 1.44. The molecule has 0 aliphatic heterocycles. The molecule has 0 amide bonds. The summed E-state index contributed by atoms with van der Waals surface area (Å²) in [5.74, 6) is 0. The van der Waals surface area contributed by atoms with Gasteiger partial charge in [0.05, 0.1) is 0 Å². The fourth-order valence-corrected chi connectivity index (χ4v) is 12.1. The predicted molar refractivity (Wildman–Crippen MR) is 138 cm³/mol. The van der Waals surface area contributed by atoms with Gasteiger partial charge in [-0.1, -0.05) is 0 Å². The van der Waals surface area contributed by atoms with Crippen molar-refractivity contribution in [1.29, 1.82) is 0 Å². The fourth-order valence-electron chi connectivity index (χ4n) is 5.70. The van der Waals surface area contributed by atoms with E-state index in [1.165, 1.54) is 58.4 Å². The van der Waals surface area contributed by atoms with Crippen LogP contribution in [-0.2, 0) is 20.4 Å². The molecule has 0 nitrogen and oxygen atoms in total. The number of rotatable bonds is 4. The molecular formula is C30H33Cl3SiTi. The zero-order chi connectivity index (χ0) is 23.2. The second kappa shape index (κ2) is 12.5. The molecular weight excluding hydrogens is 543 g/mol. The van der Waals surface area contributed by atoms with E-state index in [1.54, 1.807) is 5.20 Å². The Morgan fingerprint density at radius 2 is 0.800 bits per heavy atom. The van der Waals surface area contributed by atoms with Crippen LogP contribution in [0.3, 0.4) is 0 Å². The van der Waals surface area contributed by atoms with Crippen molar-refractivity contribution in [3.05, 3.63) is 109 Å². The van der Waals surface area contributed by atoms with Gasteiger partial charge in [0.25, 0.3) is 0 Å². The van der Waals surface area contributed by atoms with Crippen LogP contribution in [0.1, 0.15) is 46.7 Å². The van der Waals surface area contributed by atoms with E-state index < -0.39 is 8.07 Å². The summed E-state index contributed by atoms with van der Waals surface area (Å²) in [7, 11) is -2.46. The van der Waals surface area contributed by atoms with Crippen LogP contribution in [0, 0.1) is 41.5 Å². The molecule has 0 aromatic heterocycles. The van der Waals surface area contributed by atoms with Crippen molar-refractivity contribution in [2.75, 3.05) is 0 Å². The molecule has 3 aromatic rings. The first-order valence-electron chi connectivity index (χ1n) is 11.5. The van der Waals surface area contributed by atoms with Crippen LogP contribution in [0.4, 0.5) is 0 Å². The number of halogens is 3. The monoisotopic (exact) mass is 574 g/mol. The Morgan fingerprint density at radius 1 is 0.514 bits per heavy atom. The molecule has 1 aliphatic carbocycles. The van der Waals surface area contributed by atoms with Crippen molar-refractivity contribution in [2.24, 2.45) is 0 Å². The molecule has 5 heteroatoms. The Morgan fingerprint density at radius 3 is 1.03 bits per heavy atom. The molecule has 0 saturated heterocycles. The van der Waals surface area contributed by atoms with Crippen molar-refractivity contribution >= 4 is 23.6 Å². The Hall–Kier alpha value is -1.06. The van der Waals surface area contributed by atoms with Gasteiger partial charge in [0.2, 0.25) is 0 Å². The van der Waals surface area contributed by atoms with Crippen LogP contribution in [0.25, 0.3) is 0 Å². The van der Waals surface area contributed by atoms with Gasteiger partial charge in [0.1, 0.15) is 0 Å². The maximum absolute atomic E-state index is 2.47. The molecule has 0 spiro atoms. The number of hydrogen-bond acceptors (Lipinski definition) is 0. The fraction of sp³-hybridized carbons (Fsp3) is 0.267. The average Bonchev–Trinajstić information content (AvgIpc) is 3.00. The Labute approximate surface area is 243 Å². The molecule has 1 aliphatic rings. The van der Waals surface area contributed by atoms with E-state index in [2.05, 4.69) is 130 Å². The summed E-state index contributed by atoms with van der Waals surface area (Å²) in [6.45, 7) is 15.8. The molecule has 0 saturated carbocycles. The molecule has 4 rings (SSSR count). The Bertz CT molecular complexity index is 1100. The molecule has 35 heavy (non-hydrogen) atoms. The molecule has 0 bridgehead atoms. The molecule has 3 aromatic carbocycles. The summed E-state index contributed by atoms with van der Waals surface area (Å²) in [6.07, 6.45) is 3.50. The Balaban J connectivity index is 0.00000204. The number of allylic oxidation sites excluding steroid dienone is 4. The second-order valence-corrected chi connectivity index (χ2v) is 14.5. The van der Waals surface area contributed by atoms with Gasteiger partial charge in [0.15, 0.2) is 0 Å². The molecule has 0 fully saturated rings. The minimum absolute atomic E-state index is 0. The summed E-state index contributed by atoms with van der Waals surface area (Å²) >= 11 is 2.28. The zero-order valence-corrected chi connectivity index (χ0v) is 26.4. The SMILES string of the molecule is CC1=C([Si](c2cc(C)cc(C)c2)(c2cc(C)cc(C)c2)c2cc(C)cc(C)c2)CC=[C]1[Ti+3].[Cl-].[Cl-].[Cl-]. The van der Waals surface area contributed by atoms with Crippen molar-refractivity contribution in [2.45, 2.75) is 54.9 Å². The summed E-state index contributed by atoms with van der Waals surface area (Å²) in [4.78, 5) is 0. The normalized spacial score (nSPS) is 13.0. The first kappa shape index (κ1) is 32.0. The molecule has 182 valence electrons. The number of aryl methyl sites for hydroxylation is 6. The topological polar surface area (TPSA) is 0 Å². The van der Waals surface area contributed by atoms with Crippen LogP contribution in [0.15, 0.2) is 75.3 Å². The van der Waals surface area contributed by atoms with Crippen molar-refractivity contribution in [3.63, 3.8) is 0 Å². The minimum Gasteiger partial charge on any atom is -1.00 e. The summed E-state index contributed by atoms with van der Waals surface area (Å²) in [6, 6.07) is 21.8. The first-order chi connectivity index (χ1) is 15.1. The third-order valence-corrected chi connectivity index (χ3v) is 12.6. The Kier molecular flexibility index (Phi) is 11.4. The van der Waals surface area contributed by atoms with Crippen molar-refractivity contribution in [1.82, 2.24) is 0 Å². The van der Waals surface area contributed by atoms with Gasteiger partial charge in [0, 0.05) is 0 Å². The number of hydrogen-bond donors (Lipinski definition) is 0. The summed E-state index contributed by atoms with van der Waals surface area (Å²) in [5.41, 5.74) is 9.61. The maximum Gasteiger partial charge on any atom is -1.00 e. The van der Waals surface area contributed by atoms with E-state index in [4.69, 9.17) is 0 Å². The van der Waals surface area contributed by atoms with E-state index in [1.807, 2.05) is 0 Å². The van der Waals surface area contributed by atoms with Gasteiger partial charge in [-0.05, 0) is 0 Å². The van der Waals surface area contributed by atoms with E-state index in [0.717, 1.165) is 6.42 Å². The minimum atomic E-state index is -2.46. The molecule has 0 atom stereocenters. The van der Waals surface area contributed by atoms with Crippen LogP contribution < -0.4 is 52.8 Å². The van der Waals surface area contributed by atoms with Gasteiger partial charge in [-0.25, -0.2) is 0 Å². The predicted octanol–water partition coefficient (Wildman–Crippen LogP) is -3.29. The maximum atomic E-state index is 2.47. The summed E-state index contributed by atoms with van der Waals surface area (Å²) in [5, 5.41) is 6.20. The van der Waals surface area contributed by atoms with E-state index >= 15 is 0 Å². The molecule has 0 radical (unpaired) electrons.